The van der Waals surface area contributed by atoms with E-state index in [4.69, 9.17) is 34.8 Å². The van der Waals surface area contributed by atoms with E-state index in [1.54, 1.807) is 6.07 Å². The zero-order valence-electron chi connectivity index (χ0n) is 10.6. The number of nitrogens with one attached hydrogen (secondary N) is 1. The Labute approximate surface area is 123 Å². The predicted octanol–water partition coefficient (Wildman–Crippen LogP) is 5.27. The van der Waals surface area contributed by atoms with Gasteiger partial charge in [-0.1, -0.05) is 48.7 Å². The molecule has 0 amide bonds. The highest BCUT2D eigenvalue weighted by molar-refractivity contribution is 6.42. The zero-order chi connectivity index (χ0) is 13.7. The quantitative estimate of drug-likeness (QED) is 0.457. The van der Waals surface area contributed by atoms with Gasteiger partial charge in [0.25, 0.3) is 0 Å². The molecule has 1 rings (SSSR count). The second kappa shape index (κ2) is 7.17. The lowest BCUT2D eigenvalue weighted by molar-refractivity contribution is 0.603. The lowest BCUT2D eigenvalue weighted by Crippen LogP contribution is -2.01. The summed E-state index contributed by atoms with van der Waals surface area (Å²) in [5.74, 6) is 1.07. The van der Waals surface area contributed by atoms with Crippen molar-refractivity contribution >= 4 is 46.3 Å². The van der Waals surface area contributed by atoms with E-state index in [0.717, 1.165) is 18.6 Å². The van der Waals surface area contributed by atoms with Gasteiger partial charge in [-0.15, -0.1) is 0 Å². The molecule has 0 unspecified atom stereocenters. The van der Waals surface area contributed by atoms with Crippen LogP contribution in [0.25, 0.3) is 0 Å². The summed E-state index contributed by atoms with van der Waals surface area (Å²) >= 11 is 17.6. The van der Waals surface area contributed by atoms with E-state index < -0.39 is 0 Å². The van der Waals surface area contributed by atoms with E-state index in [0.29, 0.717) is 21.8 Å². The summed E-state index contributed by atoms with van der Waals surface area (Å²) in [5.41, 5.74) is 3.80. The Morgan fingerprint density at radius 3 is 2.61 bits per heavy atom. The normalized spacial score (nSPS) is 12.1. The minimum atomic E-state index is 0.207. The average Bonchev–Trinajstić information content (AvgIpc) is 2.29. The molecule has 0 fully saturated rings. The van der Waals surface area contributed by atoms with Gasteiger partial charge in [-0.3, -0.25) is 5.43 Å². The third-order valence-electron chi connectivity index (χ3n) is 2.32. The number of halogens is 3. The lowest BCUT2D eigenvalue weighted by atomic mass is 10.1. The van der Waals surface area contributed by atoms with Crippen molar-refractivity contribution in [3.05, 3.63) is 21.3 Å². The molecular weight excluding hydrogens is 293 g/mol. The Kier molecular flexibility index (Phi) is 6.19. The number of aromatic nitrogens is 1. The first-order chi connectivity index (χ1) is 8.40. The molecule has 0 aliphatic carbocycles. The maximum absolute atomic E-state index is 5.98. The molecule has 1 heterocycles. The largest absolute Gasteiger partial charge is 0.260 e. The SMILES string of the molecule is C/C(CCC(C)C)=N/Nc1nc(Cl)c(Cl)cc1Cl. The second-order valence-electron chi connectivity index (χ2n) is 4.48. The smallest absolute Gasteiger partial charge is 0.166 e. The highest BCUT2D eigenvalue weighted by Crippen LogP contribution is 2.28. The van der Waals surface area contributed by atoms with Gasteiger partial charge in [-0.05, 0) is 31.7 Å². The van der Waals surface area contributed by atoms with E-state index >= 15 is 0 Å². The van der Waals surface area contributed by atoms with Crippen molar-refractivity contribution in [3.8, 4) is 0 Å². The molecule has 0 aliphatic rings. The van der Waals surface area contributed by atoms with E-state index in [2.05, 4.69) is 29.4 Å². The van der Waals surface area contributed by atoms with E-state index in [1.165, 1.54) is 0 Å². The van der Waals surface area contributed by atoms with Crippen LogP contribution in [0.15, 0.2) is 11.2 Å². The fourth-order valence-electron chi connectivity index (χ4n) is 1.22. The Bertz CT molecular complexity index is 444. The van der Waals surface area contributed by atoms with Crippen LogP contribution in [-0.4, -0.2) is 10.7 Å². The van der Waals surface area contributed by atoms with Gasteiger partial charge in [0.1, 0.15) is 5.15 Å². The molecule has 1 aromatic heterocycles. The first kappa shape index (κ1) is 15.5. The van der Waals surface area contributed by atoms with Gasteiger partial charge in [-0.25, -0.2) is 4.98 Å². The van der Waals surface area contributed by atoms with Gasteiger partial charge in [0, 0.05) is 5.71 Å². The van der Waals surface area contributed by atoms with Crippen molar-refractivity contribution in [1.82, 2.24) is 4.98 Å². The van der Waals surface area contributed by atoms with Crippen LogP contribution in [0.2, 0.25) is 15.2 Å². The van der Waals surface area contributed by atoms with Crippen LogP contribution in [0.1, 0.15) is 33.6 Å². The maximum Gasteiger partial charge on any atom is 0.166 e. The molecule has 3 nitrogen and oxygen atoms in total. The summed E-state index contributed by atoms with van der Waals surface area (Å²) in [5, 5.41) is 5.14. The number of pyridine rings is 1. The van der Waals surface area contributed by atoms with Crippen molar-refractivity contribution < 1.29 is 0 Å². The molecule has 100 valence electrons. The predicted molar refractivity (Wildman–Crippen MR) is 80.1 cm³/mol. The molecule has 0 atom stereocenters. The van der Waals surface area contributed by atoms with E-state index in [1.807, 2.05) is 6.92 Å². The van der Waals surface area contributed by atoms with Gasteiger partial charge in [-0.2, -0.15) is 5.10 Å². The van der Waals surface area contributed by atoms with Crippen molar-refractivity contribution in [3.63, 3.8) is 0 Å². The zero-order valence-corrected chi connectivity index (χ0v) is 12.9. The topological polar surface area (TPSA) is 37.3 Å². The third kappa shape index (κ3) is 5.01. The van der Waals surface area contributed by atoms with Gasteiger partial charge < -0.3 is 0 Å². The fourth-order valence-corrected chi connectivity index (χ4v) is 1.76. The summed E-state index contributed by atoms with van der Waals surface area (Å²) in [6.07, 6.45) is 2.03. The Hall–Kier alpha value is -0.510. The first-order valence-corrected chi connectivity index (χ1v) is 6.84. The van der Waals surface area contributed by atoms with Gasteiger partial charge in [0.2, 0.25) is 0 Å². The molecule has 0 aliphatic heterocycles. The third-order valence-corrected chi connectivity index (χ3v) is 3.28. The Morgan fingerprint density at radius 1 is 1.33 bits per heavy atom. The summed E-state index contributed by atoms with van der Waals surface area (Å²) in [7, 11) is 0. The van der Waals surface area contributed by atoms with Crippen LogP contribution in [-0.2, 0) is 0 Å². The standard InChI is InChI=1S/C12H16Cl3N3/c1-7(2)4-5-8(3)17-18-12-10(14)6-9(13)11(15)16-12/h6-7H,4-5H2,1-3H3,(H,16,18)/b17-8-. The van der Waals surface area contributed by atoms with Crippen molar-refractivity contribution in [2.75, 3.05) is 5.43 Å². The molecule has 0 radical (unpaired) electrons. The maximum atomic E-state index is 5.98. The highest BCUT2D eigenvalue weighted by atomic mass is 35.5. The minimum absolute atomic E-state index is 0.207. The number of hydrazone groups is 1. The summed E-state index contributed by atoms with van der Waals surface area (Å²) in [6, 6.07) is 1.54. The number of hydrogen-bond acceptors (Lipinski definition) is 3. The molecule has 1 N–H and O–H groups in total. The number of anilines is 1. The molecule has 0 saturated carbocycles. The van der Waals surface area contributed by atoms with Crippen LogP contribution in [0.5, 0.6) is 0 Å². The summed E-state index contributed by atoms with van der Waals surface area (Å²) in [6.45, 7) is 6.32. The van der Waals surface area contributed by atoms with Gasteiger partial charge in [0.15, 0.2) is 5.82 Å². The molecule has 6 heteroatoms. The number of rotatable bonds is 5. The number of nitrogens with zero attached hydrogens (tertiary/aromatic N) is 2. The molecule has 0 bridgehead atoms. The van der Waals surface area contributed by atoms with Crippen molar-refractivity contribution in [1.29, 1.82) is 0 Å². The summed E-state index contributed by atoms with van der Waals surface area (Å²) in [4.78, 5) is 4.02. The Balaban J connectivity index is 2.68. The molecule has 0 spiro atoms. The molecular formula is C12H16Cl3N3. The average molecular weight is 309 g/mol. The molecule has 1 aromatic rings. The van der Waals surface area contributed by atoms with Crippen LogP contribution < -0.4 is 5.43 Å². The van der Waals surface area contributed by atoms with Crippen LogP contribution >= 0.6 is 34.8 Å². The fraction of sp³-hybridized carbons (Fsp3) is 0.500. The van der Waals surface area contributed by atoms with Crippen LogP contribution in [0.3, 0.4) is 0 Å². The Morgan fingerprint density at radius 2 is 2.00 bits per heavy atom. The monoisotopic (exact) mass is 307 g/mol. The van der Waals surface area contributed by atoms with Crippen molar-refractivity contribution in [2.45, 2.75) is 33.6 Å². The van der Waals surface area contributed by atoms with Crippen LogP contribution in [0.4, 0.5) is 5.82 Å². The first-order valence-electron chi connectivity index (χ1n) is 5.71. The van der Waals surface area contributed by atoms with Crippen molar-refractivity contribution in [2.24, 2.45) is 11.0 Å². The van der Waals surface area contributed by atoms with E-state index in [-0.39, 0.29) is 5.15 Å². The van der Waals surface area contributed by atoms with Crippen LogP contribution in [0, 0.1) is 5.92 Å². The second-order valence-corrected chi connectivity index (χ2v) is 5.66. The van der Waals surface area contributed by atoms with Gasteiger partial charge in [0.05, 0.1) is 10.0 Å². The highest BCUT2D eigenvalue weighted by Gasteiger charge is 2.07. The summed E-state index contributed by atoms with van der Waals surface area (Å²) < 4.78 is 0. The number of hydrogen-bond donors (Lipinski definition) is 1. The molecule has 18 heavy (non-hydrogen) atoms. The van der Waals surface area contributed by atoms with Gasteiger partial charge >= 0.3 is 0 Å². The lowest BCUT2D eigenvalue weighted by Gasteiger charge is -2.07. The minimum Gasteiger partial charge on any atom is -0.260 e. The van der Waals surface area contributed by atoms with E-state index in [9.17, 15) is 0 Å². The molecule has 0 aromatic carbocycles. The molecule has 0 saturated heterocycles.